The average molecular weight is 481 g/mol. The summed E-state index contributed by atoms with van der Waals surface area (Å²) in [4.78, 5) is 27.3. The van der Waals surface area contributed by atoms with Gasteiger partial charge in [0.25, 0.3) is 5.69 Å². The summed E-state index contributed by atoms with van der Waals surface area (Å²) in [5.41, 5.74) is 2.38. The number of aromatic nitrogens is 4. The van der Waals surface area contributed by atoms with Gasteiger partial charge in [0.2, 0.25) is 5.91 Å². The van der Waals surface area contributed by atoms with Gasteiger partial charge in [0, 0.05) is 29.0 Å². The van der Waals surface area contributed by atoms with E-state index in [1.165, 1.54) is 12.1 Å². The third-order valence-electron chi connectivity index (χ3n) is 4.76. The molecule has 0 bridgehead atoms. The van der Waals surface area contributed by atoms with Crippen LogP contribution in [0.4, 0.5) is 11.4 Å². The van der Waals surface area contributed by atoms with Crippen molar-refractivity contribution in [2.75, 3.05) is 11.1 Å². The number of amides is 1. The molecule has 0 aliphatic rings. The molecule has 0 atom stereocenters. The number of thioether (sulfide) groups is 1. The number of pyridine rings is 1. The zero-order valence-corrected chi connectivity index (χ0v) is 18.9. The van der Waals surface area contributed by atoms with Crippen molar-refractivity contribution in [3.63, 3.8) is 0 Å². The van der Waals surface area contributed by atoms with Crippen LogP contribution in [-0.2, 0) is 4.79 Å². The molecule has 33 heavy (non-hydrogen) atoms. The predicted octanol–water partition coefficient (Wildman–Crippen LogP) is 4.93. The molecule has 2 heterocycles. The fourth-order valence-electron chi connectivity index (χ4n) is 3.16. The summed E-state index contributed by atoms with van der Waals surface area (Å²) in [6.07, 6.45) is 3.32. The largest absolute Gasteiger partial charge is 0.320 e. The maximum absolute atomic E-state index is 12.6. The Morgan fingerprint density at radius 2 is 1.88 bits per heavy atom. The first-order valence-corrected chi connectivity index (χ1v) is 11.1. The van der Waals surface area contributed by atoms with E-state index < -0.39 is 10.8 Å². The standard InChI is InChI=1S/C22H17ClN6O3S/c1-14-16(23)5-4-8-18(14)28-21(15-9-11-24-12-10-15)26-27-22(28)33-13-20(30)25-17-6-2-3-7-19(17)29(31)32/h2-12H,13H2,1H3,(H,25,30). The zero-order valence-electron chi connectivity index (χ0n) is 17.3. The highest BCUT2D eigenvalue weighted by Crippen LogP contribution is 2.32. The maximum atomic E-state index is 12.6. The van der Waals surface area contributed by atoms with Crippen LogP contribution in [-0.4, -0.2) is 36.3 Å². The van der Waals surface area contributed by atoms with Crippen molar-refractivity contribution >= 4 is 40.6 Å². The lowest BCUT2D eigenvalue weighted by Crippen LogP contribution is -2.15. The summed E-state index contributed by atoms with van der Waals surface area (Å²) in [6.45, 7) is 1.89. The van der Waals surface area contributed by atoms with E-state index >= 15 is 0 Å². The molecule has 0 aliphatic carbocycles. The summed E-state index contributed by atoms with van der Waals surface area (Å²) in [5, 5.41) is 23.5. The SMILES string of the molecule is Cc1c(Cl)cccc1-n1c(SCC(=O)Nc2ccccc2[N+](=O)[O-])nnc1-c1ccncc1. The second kappa shape index (κ2) is 9.80. The predicted molar refractivity (Wildman–Crippen MR) is 127 cm³/mol. The van der Waals surface area contributed by atoms with Gasteiger partial charge in [0.15, 0.2) is 11.0 Å². The number of nitrogens with zero attached hydrogens (tertiary/aromatic N) is 5. The molecule has 0 spiro atoms. The number of para-hydroxylation sites is 2. The van der Waals surface area contributed by atoms with Crippen molar-refractivity contribution < 1.29 is 9.72 Å². The van der Waals surface area contributed by atoms with Crippen molar-refractivity contribution in [2.24, 2.45) is 0 Å². The van der Waals surface area contributed by atoms with Gasteiger partial charge < -0.3 is 5.32 Å². The van der Waals surface area contributed by atoms with Crippen LogP contribution in [0.25, 0.3) is 17.1 Å². The normalized spacial score (nSPS) is 10.7. The van der Waals surface area contributed by atoms with Crippen LogP contribution >= 0.6 is 23.4 Å². The highest BCUT2D eigenvalue weighted by molar-refractivity contribution is 7.99. The van der Waals surface area contributed by atoms with Crippen molar-refractivity contribution in [1.82, 2.24) is 19.7 Å². The van der Waals surface area contributed by atoms with E-state index in [9.17, 15) is 14.9 Å². The second-order valence-corrected chi connectivity index (χ2v) is 8.22. The molecule has 166 valence electrons. The lowest BCUT2D eigenvalue weighted by molar-refractivity contribution is -0.383. The number of anilines is 1. The van der Waals surface area contributed by atoms with Gasteiger partial charge in [-0.1, -0.05) is 41.6 Å². The fraction of sp³-hybridized carbons (Fsp3) is 0.0909. The summed E-state index contributed by atoms with van der Waals surface area (Å²) in [5.74, 6) is 0.140. The van der Waals surface area contributed by atoms with Crippen molar-refractivity contribution in [3.8, 4) is 17.1 Å². The minimum Gasteiger partial charge on any atom is -0.320 e. The van der Waals surface area contributed by atoms with E-state index in [2.05, 4.69) is 20.5 Å². The minimum absolute atomic E-state index is 0.0276. The van der Waals surface area contributed by atoms with E-state index in [0.29, 0.717) is 16.0 Å². The number of nitro benzene ring substituents is 1. The highest BCUT2D eigenvalue weighted by Gasteiger charge is 2.20. The number of rotatable bonds is 7. The van der Waals surface area contributed by atoms with Gasteiger partial charge in [-0.3, -0.25) is 24.5 Å². The molecule has 4 rings (SSSR count). The van der Waals surface area contributed by atoms with Crippen LogP contribution < -0.4 is 5.32 Å². The molecule has 1 amide bonds. The molecule has 2 aromatic carbocycles. The van der Waals surface area contributed by atoms with E-state index in [1.54, 1.807) is 30.6 Å². The first kappa shape index (κ1) is 22.4. The van der Waals surface area contributed by atoms with Crippen LogP contribution in [0.2, 0.25) is 5.02 Å². The Morgan fingerprint density at radius 3 is 2.64 bits per heavy atom. The Kier molecular flexibility index (Phi) is 6.66. The summed E-state index contributed by atoms with van der Waals surface area (Å²) < 4.78 is 1.83. The molecular weight excluding hydrogens is 464 g/mol. The van der Waals surface area contributed by atoms with E-state index in [1.807, 2.05) is 35.8 Å². The number of hydrogen-bond donors (Lipinski definition) is 1. The topological polar surface area (TPSA) is 116 Å². The molecular formula is C22H17ClN6O3S. The van der Waals surface area contributed by atoms with Crippen LogP contribution in [0, 0.1) is 17.0 Å². The summed E-state index contributed by atoms with van der Waals surface area (Å²) in [7, 11) is 0. The second-order valence-electron chi connectivity index (χ2n) is 6.87. The van der Waals surface area contributed by atoms with E-state index in [0.717, 1.165) is 28.6 Å². The molecule has 9 nitrogen and oxygen atoms in total. The number of nitrogens with one attached hydrogen (secondary N) is 1. The number of benzene rings is 2. The third-order valence-corrected chi connectivity index (χ3v) is 6.10. The van der Waals surface area contributed by atoms with Gasteiger partial charge in [-0.25, -0.2) is 0 Å². The Labute approximate surface area is 198 Å². The number of nitro groups is 1. The fourth-order valence-corrected chi connectivity index (χ4v) is 4.08. The molecule has 0 saturated carbocycles. The first-order valence-electron chi connectivity index (χ1n) is 9.73. The summed E-state index contributed by atoms with van der Waals surface area (Å²) in [6, 6.07) is 15.1. The quantitative estimate of drug-likeness (QED) is 0.226. The zero-order chi connectivity index (χ0) is 23.4. The molecule has 0 unspecified atom stereocenters. The van der Waals surface area contributed by atoms with Crippen molar-refractivity contribution in [1.29, 1.82) is 0 Å². The highest BCUT2D eigenvalue weighted by atomic mass is 35.5. The number of carbonyl (C=O) groups is 1. The molecule has 0 saturated heterocycles. The monoisotopic (exact) mass is 480 g/mol. The van der Waals surface area contributed by atoms with E-state index in [-0.39, 0.29) is 17.1 Å². The Bertz CT molecular complexity index is 1330. The molecule has 2 aromatic heterocycles. The van der Waals surface area contributed by atoms with Gasteiger partial charge in [-0.05, 0) is 42.8 Å². The maximum Gasteiger partial charge on any atom is 0.292 e. The number of halogens is 1. The van der Waals surface area contributed by atoms with Gasteiger partial charge >= 0.3 is 0 Å². The summed E-state index contributed by atoms with van der Waals surface area (Å²) >= 11 is 7.51. The molecule has 0 fully saturated rings. The lowest BCUT2D eigenvalue weighted by atomic mass is 10.2. The lowest BCUT2D eigenvalue weighted by Gasteiger charge is -2.14. The van der Waals surface area contributed by atoms with Crippen molar-refractivity contribution in [3.05, 3.63) is 87.7 Å². The number of hydrogen-bond acceptors (Lipinski definition) is 7. The third kappa shape index (κ3) is 4.86. The molecule has 0 radical (unpaired) electrons. The van der Waals surface area contributed by atoms with Crippen LogP contribution in [0.5, 0.6) is 0 Å². The molecule has 0 aliphatic heterocycles. The molecule has 4 aromatic rings. The first-order chi connectivity index (χ1) is 16.0. The van der Waals surface area contributed by atoms with Crippen LogP contribution in [0.15, 0.2) is 72.1 Å². The van der Waals surface area contributed by atoms with Gasteiger partial charge in [-0.15, -0.1) is 10.2 Å². The van der Waals surface area contributed by atoms with Gasteiger partial charge in [0.1, 0.15) is 5.69 Å². The van der Waals surface area contributed by atoms with Gasteiger partial charge in [0.05, 0.1) is 16.4 Å². The van der Waals surface area contributed by atoms with Crippen molar-refractivity contribution in [2.45, 2.75) is 12.1 Å². The van der Waals surface area contributed by atoms with Crippen LogP contribution in [0.1, 0.15) is 5.56 Å². The minimum atomic E-state index is -0.539. The molecule has 11 heteroatoms. The Balaban J connectivity index is 1.64. The van der Waals surface area contributed by atoms with Crippen LogP contribution in [0.3, 0.4) is 0 Å². The smallest absolute Gasteiger partial charge is 0.292 e. The molecule has 1 N–H and O–H groups in total. The Hall–Kier alpha value is -3.76. The number of carbonyl (C=O) groups excluding carboxylic acids is 1. The Morgan fingerprint density at radius 1 is 1.12 bits per heavy atom. The van der Waals surface area contributed by atoms with Gasteiger partial charge in [-0.2, -0.15) is 0 Å². The average Bonchev–Trinajstić information content (AvgIpc) is 3.24. The van der Waals surface area contributed by atoms with E-state index in [4.69, 9.17) is 11.6 Å².